The summed E-state index contributed by atoms with van der Waals surface area (Å²) in [6.45, 7) is 1.83. The third kappa shape index (κ3) is 1.19. The van der Waals surface area contributed by atoms with E-state index in [0.29, 0.717) is 6.00 Å². The van der Waals surface area contributed by atoms with Gasteiger partial charge in [0.1, 0.15) is 0 Å². The minimum absolute atomic E-state index is 0.211. The minimum Gasteiger partial charge on any atom is -0.383 e. The minimum atomic E-state index is 0.211. The van der Waals surface area contributed by atoms with E-state index in [9.17, 15) is 0 Å². The standard InChI is InChI=1S/C6H11BO3/c1-2-6(8-4-1)7-3-5-9-10-7/h6H,1-5H2. The van der Waals surface area contributed by atoms with Crippen LogP contribution in [-0.4, -0.2) is 26.1 Å². The maximum atomic E-state index is 5.43. The van der Waals surface area contributed by atoms with Gasteiger partial charge in [0, 0.05) is 6.61 Å². The van der Waals surface area contributed by atoms with Crippen LogP contribution in [0.2, 0.25) is 6.32 Å². The van der Waals surface area contributed by atoms with Crippen LogP contribution >= 0.6 is 0 Å². The average molecular weight is 142 g/mol. The Hall–Kier alpha value is -0.0551. The highest BCUT2D eigenvalue weighted by Gasteiger charge is 2.35. The highest BCUT2D eigenvalue weighted by atomic mass is 17.2. The molecule has 0 aromatic heterocycles. The monoisotopic (exact) mass is 142 g/mol. The van der Waals surface area contributed by atoms with Gasteiger partial charge < -0.3 is 9.54 Å². The second-order valence-electron chi connectivity index (χ2n) is 2.80. The van der Waals surface area contributed by atoms with Crippen molar-refractivity contribution in [3.63, 3.8) is 0 Å². The lowest BCUT2D eigenvalue weighted by atomic mass is 9.59. The molecule has 2 aliphatic rings. The molecule has 0 bridgehead atoms. The van der Waals surface area contributed by atoms with Crippen LogP contribution in [0.15, 0.2) is 0 Å². The molecule has 3 nitrogen and oxygen atoms in total. The molecule has 0 aromatic carbocycles. The Bertz CT molecular complexity index is 93.6. The first-order valence-electron chi connectivity index (χ1n) is 3.87. The summed E-state index contributed by atoms with van der Waals surface area (Å²) in [5, 5.41) is 0. The summed E-state index contributed by atoms with van der Waals surface area (Å²) in [4.78, 5) is 9.80. The lowest BCUT2D eigenvalue weighted by Gasteiger charge is -2.09. The Morgan fingerprint density at radius 3 is 2.90 bits per heavy atom. The van der Waals surface area contributed by atoms with E-state index in [1.807, 2.05) is 0 Å². The first-order valence-corrected chi connectivity index (χ1v) is 3.87. The molecule has 1 unspecified atom stereocenters. The Morgan fingerprint density at radius 2 is 2.30 bits per heavy atom. The molecule has 0 aromatic rings. The number of rotatable bonds is 1. The highest BCUT2D eigenvalue weighted by molar-refractivity contribution is 6.53. The lowest BCUT2D eigenvalue weighted by molar-refractivity contribution is -0.189. The quantitative estimate of drug-likeness (QED) is 0.397. The molecule has 2 aliphatic heterocycles. The Balaban J connectivity index is 1.85. The van der Waals surface area contributed by atoms with Gasteiger partial charge in [-0.25, -0.2) is 0 Å². The predicted octanol–water partition coefficient (Wildman–Crippen LogP) is 0.658. The van der Waals surface area contributed by atoms with Gasteiger partial charge in [-0.05, 0) is 19.2 Å². The van der Waals surface area contributed by atoms with E-state index in [-0.39, 0.29) is 6.92 Å². The highest BCUT2D eigenvalue weighted by Crippen LogP contribution is 2.20. The van der Waals surface area contributed by atoms with Gasteiger partial charge in [-0.15, -0.1) is 0 Å². The first-order chi connectivity index (χ1) is 4.97. The molecule has 0 aliphatic carbocycles. The molecule has 0 spiro atoms. The van der Waals surface area contributed by atoms with Crippen molar-refractivity contribution >= 4 is 6.92 Å². The van der Waals surface area contributed by atoms with Crippen molar-refractivity contribution in [1.82, 2.24) is 0 Å². The molecule has 4 heteroatoms. The third-order valence-corrected chi connectivity index (χ3v) is 2.06. The van der Waals surface area contributed by atoms with Crippen molar-refractivity contribution in [2.75, 3.05) is 13.2 Å². The van der Waals surface area contributed by atoms with Crippen molar-refractivity contribution in [1.29, 1.82) is 0 Å². The zero-order valence-electron chi connectivity index (χ0n) is 5.91. The Morgan fingerprint density at radius 1 is 1.30 bits per heavy atom. The molecule has 2 heterocycles. The van der Waals surface area contributed by atoms with Gasteiger partial charge in [0.15, 0.2) is 0 Å². The van der Waals surface area contributed by atoms with Crippen LogP contribution < -0.4 is 0 Å². The zero-order chi connectivity index (χ0) is 6.81. The van der Waals surface area contributed by atoms with Crippen molar-refractivity contribution in [2.24, 2.45) is 0 Å². The Kier molecular flexibility index (Phi) is 1.93. The van der Waals surface area contributed by atoms with Crippen LogP contribution in [0.25, 0.3) is 0 Å². The predicted molar refractivity (Wildman–Crippen MR) is 36.6 cm³/mol. The van der Waals surface area contributed by atoms with Crippen LogP contribution in [0.1, 0.15) is 12.8 Å². The number of ether oxygens (including phenoxy) is 1. The van der Waals surface area contributed by atoms with Gasteiger partial charge in [0.2, 0.25) is 0 Å². The van der Waals surface area contributed by atoms with Crippen LogP contribution in [0, 0.1) is 0 Å². The fourth-order valence-electron chi connectivity index (χ4n) is 1.49. The van der Waals surface area contributed by atoms with E-state index < -0.39 is 0 Å². The molecular formula is C6H11BO3. The fraction of sp³-hybridized carbons (Fsp3) is 1.00. The van der Waals surface area contributed by atoms with E-state index in [0.717, 1.165) is 26.0 Å². The summed E-state index contributed by atoms with van der Waals surface area (Å²) < 4.78 is 5.43. The first kappa shape index (κ1) is 6.64. The molecule has 0 radical (unpaired) electrons. The maximum absolute atomic E-state index is 5.43. The van der Waals surface area contributed by atoms with Crippen molar-refractivity contribution in [3.8, 4) is 0 Å². The zero-order valence-corrected chi connectivity index (χ0v) is 5.91. The molecule has 10 heavy (non-hydrogen) atoms. The molecular weight excluding hydrogens is 131 g/mol. The second-order valence-corrected chi connectivity index (χ2v) is 2.80. The maximum Gasteiger partial charge on any atom is 0.371 e. The van der Waals surface area contributed by atoms with Crippen molar-refractivity contribution in [2.45, 2.75) is 25.2 Å². The molecule has 56 valence electrons. The van der Waals surface area contributed by atoms with E-state index in [2.05, 4.69) is 0 Å². The fourth-order valence-corrected chi connectivity index (χ4v) is 1.49. The summed E-state index contributed by atoms with van der Waals surface area (Å²) in [6, 6.07) is 0.308. The Labute approximate surface area is 60.7 Å². The van der Waals surface area contributed by atoms with E-state index in [1.165, 1.54) is 6.42 Å². The van der Waals surface area contributed by atoms with Gasteiger partial charge in [-0.3, -0.25) is 4.89 Å². The summed E-state index contributed by atoms with van der Waals surface area (Å²) in [7, 11) is 0. The molecule has 0 amide bonds. The van der Waals surface area contributed by atoms with Crippen LogP contribution in [0.5, 0.6) is 0 Å². The molecule has 0 saturated carbocycles. The smallest absolute Gasteiger partial charge is 0.371 e. The molecule has 2 fully saturated rings. The third-order valence-electron chi connectivity index (χ3n) is 2.06. The lowest BCUT2D eigenvalue weighted by Crippen LogP contribution is -2.29. The van der Waals surface area contributed by atoms with Crippen molar-refractivity contribution < 1.29 is 14.4 Å². The number of hydrogen-bond acceptors (Lipinski definition) is 3. The van der Waals surface area contributed by atoms with Gasteiger partial charge in [-0.2, -0.15) is 0 Å². The average Bonchev–Trinajstić information content (AvgIpc) is 2.59. The van der Waals surface area contributed by atoms with E-state index in [4.69, 9.17) is 14.4 Å². The topological polar surface area (TPSA) is 27.7 Å². The van der Waals surface area contributed by atoms with E-state index in [1.54, 1.807) is 0 Å². The number of hydrogen-bond donors (Lipinski definition) is 0. The van der Waals surface area contributed by atoms with Gasteiger partial charge in [-0.1, -0.05) is 0 Å². The largest absolute Gasteiger partial charge is 0.383 e. The summed E-state index contributed by atoms with van der Waals surface area (Å²) in [6.07, 6.45) is 3.29. The van der Waals surface area contributed by atoms with E-state index >= 15 is 0 Å². The van der Waals surface area contributed by atoms with Crippen LogP contribution in [0.3, 0.4) is 0 Å². The second kappa shape index (κ2) is 2.90. The molecule has 2 rings (SSSR count). The molecule has 0 N–H and O–H groups in total. The van der Waals surface area contributed by atoms with Gasteiger partial charge in [0.25, 0.3) is 0 Å². The SMILES string of the molecule is C1COC(B2CCOO2)C1. The summed E-state index contributed by atoms with van der Waals surface area (Å²) in [5.74, 6) is 0. The summed E-state index contributed by atoms with van der Waals surface area (Å²) in [5.41, 5.74) is 0. The van der Waals surface area contributed by atoms with Crippen LogP contribution in [0.4, 0.5) is 0 Å². The van der Waals surface area contributed by atoms with Crippen molar-refractivity contribution in [3.05, 3.63) is 0 Å². The normalized spacial score (nSPS) is 33.6. The van der Waals surface area contributed by atoms with Gasteiger partial charge in [0.05, 0.1) is 12.6 Å². The molecule has 2 saturated heterocycles. The molecule has 1 atom stereocenters. The van der Waals surface area contributed by atoms with Gasteiger partial charge >= 0.3 is 6.92 Å². The summed E-state index contributed by atoms with van der Waals surface area (Å²) >= 11 is 0. The van der Waals surface area contributed by atoms with Crippen LogP contribution in [-0.2, 0) is 14.4 Å².